The van der Waals surface area contributed by atoms with Gasteiger partial charge in [-0.1, -0.05) is 5.21 Å². The van der Waals surface area contributed by atoms with Crippen LogP contribution < -0.4 is 0 Å². The molecule has 0 saturated carbocycles. The van der Waals surface area contributed by atoms with E-state index in [1.165, 1.54) is 10.9 Å². The highest BCUT2D eigenvalue weighted by atomic mass is 16.4. The van der Waals surface area contributed by atoms with Crippen LogP contribution >= 0.6 is 0 Å². The fourth-order valence-corrected chi connectivity index (χ4v) is 0.781. The zero-order chi connectivity index (χ0) is 9.14. The summed E-state index contributed by atoms with van der Waals surface area (Å²) in [5.74, 6) is -1.24. The fraction of sp³-hybridized carbons (Fsp3) is 0.500. The summed E-state index contributed by atoms with van der Waals surface area (Å²) in [6, 6.07) is 0. The number of aliphatic hydroxyl groups excluding tert-OH is 1. The Morgan fingerprint density at radius 2 is 2.50 bits per heavy atom. The van der Waals surface area contributed by atoms with E-state index in [1.807, 2.05) is 0 Å². The van der Waals surface area contributed by atoms with Gasteiger partial charge in [-0.15, -0.1) is 5.10 Å². The predicted molar refractivity (Wildman–Crippen MR) is 38.3 cm³/mol. The van der Waals surface area contributed by atoms with Crippen LogP contribution in [0, 0.1) is 0 Å². The highest BCUT2D eigenvalue weighted by molar-refractivity contribution is 5.72. The fourth-order valence-electron chi connectivity index (χ4n) is 0.781. The topological polar surface area (TPSA) is 88.2 Å². The number of hydrogen-bond donors (Lipinski definition) is 2. The number of aromatic nitrogens is 3. The lowest BCUT2D eigenvalue weighted by atomic mass is 10.2. The molecular formula is C6H9N3O3. The Bertz CT molecular complexity index is 283. The van der Waals surface area contributed by atoms with Gasteiger partial charge in [0.2, 0.25) is 0 Å². The number of nitrogens with zero attached hydrogens (tertiary/aromatic N) is 3. The minimum absolute atomic E-state index is 0.0266. The summed E-state index contributed by atoms with van der Waals surface area (Å²) in [6.07, 6.45) is 0.0625. The molecule has 66 valence electrons. The Labute approximate surface area is 68.4 Å². The molecule has 1 rings (SSSR count). The summed E-state index contributed by atoms with van der Waals surface area (Å²) in [6.45, 7) is 0. The van der Waals surface area contributed by atoms with E-state index < -0.39 is 12.1 Å². The molecule has 0 radical (unpaired) electrons. The van der Waals surface area contributed by atoms with Gasteiger partial charge in [-0.25, -0.2) is 4.79 Å². The highest BCUT2D eigenvalue weighted by Gasteiger charge is 2.15. The standard InChI is InChI=1S/C6H9N3O3/c1-9-4(3-7-8-9)2-5(10)6(11)12/h3,5,10H,2H2,1H3,(H,11,12). The van der Waals surface area contributed by atoms with Gasteiger partial charge in [-0.2, -0.15) is 0 Å². The molecule has 1 aromatic rings. The van der Waals surface area contributed by atoms with Gasteiger partial charge in [0.05, 0.1) is 11.9 Å². The van der Waals surface area contributed by atoms with Crippen LogP contribution in [0.4, 0.5) is 0 Å². The minimum Gasteiger partial charge on any atom is -0.479 e. The van der Waals surface area contributed by atoms with Crippen molar-refractivity contribution in [2.75, 3.05) is 0 Å². The van der Waals surface area contributed by atoms with Crippen molar-refractivity contribution in [3.63, 3.8) is 0 Å². The molecule has 0 saturated heterocycles. The van der Waals surface area contributed by atoms with E-state index in [0.29, 0.717) is 5.69 Å². The van der Waals surface area contributed by atoms with Crippen LogP contribution in [0.25, 0.3) is 0 Å². The van der Waals surface area contributed by atoms with Crippen molar-refractivity contribution in [3.8, 4) is 0 Å². The van der Waals surface area contributed by atoms with E-state index in [2.05, 4.69) is 10.3 Å². The van der Waals surface area contributed by atoms with Gasteiger partial charge in [0.1, 0.15) is 0 Å². The van der Waals surface area contributed by atoms with Crippen LogP contribution in [0.3, 0.4) is 0 Å². The SMILES string of the molecule is Cn1nncc1CC(O)C(=O)O. The third-order valence-corrected chi connectivity index (χ3v) is 1.50. The predicted octanol–water partition coefficient (Wildman–Crippen LogP) is -1.20. The number of aliphatic carboxylic acids is 1. The lowest BCUT2D eigenvalue weighted by Crippen LogP contribution is -2.23. The molecule has 0 bridgehead atoms. The van der Waals surface area contributed by atoms with Crippen LogP contribution in [0.15, 0.2) is 6.20 Å². The highest BCUT2D eigenvalue weighted by Crippen LogP contribution is 1.99. The molecular weight excluding hydrogens is 162 g/mol. The summed E-state index contributed by atoms with van der Waals surface area (Å²) >= 11 is 0. The Kier molecular flexibility index (Phi) is 2.39. The van der Waals surface area contributed by atoms with Crippen molar-refractivity contribution in [2.45, 2.75) is 12.5 Å². The van der Waals surface area contributed by atoms with Crippen LogP contribution in [-0.2, 0) is 18.3 Å². The molecule has 6 nitrogen and oxygen atoms in total. The van der Waals surface area contributed by atoms with E-state index in [4.69, 9.17) is 10.2 Å². The number of aliphatic hydroxyl groups is 1. The second-order valence-corrected chi connectivity index (χ2v) is 2.41. The second-order valence-electron chi connectivity index (χ2n) is 2.41. The van der Waals surface area contributed by atoms with Crippen molar-refractivity contribution in [2.24, 2.45) is 7.05 Å². The number of carboxylic acids is 1. The average Bonchev–Trinajstić information content (AvgIpc) is 2.36. The van der Waals surface area contributed by atoms with Crippen molar-refractivity contribution >= 4 is 5.97 Å². The number of rotatable bonds is 3. The van der Waals surface area contributed by atoms with E-state index in [9.17, 15) is 4.79 Å². The number of carboxylic acid groups (broad SMARTS) is 1. The lowest BCUT2D eigenvalue weighted by Gasteiger charge is -2.03. The molecule has 1 unspecified atom stereocenters. The molecule has 0 fully saturated rings. The van der Waals surface area contributed by atoms with Gasteiger partial charge >= 0.3 is 5.97 Å². The van der Waals surface area contributed by atoms with Crippen molar-refractivity contribution < 1.29 is 15.0 Å². The lowest BCUT2D eigenvalue weighted by molar-refractivity contribution is -0.146. The van der Waals surface area contributed by atoms with Crippen LogP contribution in [0.5, 0.6) is 0 Å². The van der Waals surface area contributed by atoms with E-state index in [0.717, 1.165) is 0 Å². The molecule has 0 amide bonds. The zero-order valence-electron chi connectivity index (χ0n) is 6.51. The van der Waals surface area contributed by atoms with Crippen LogP contribution in [0.2, 0.25) is 0 Å². The summed E-state index contributed by atoms with van der Waals surface area (Å²) in [5, 5.41) is 24.5. The molecule has 6 heteroatoms. The molecule has 0 aromatic carbocycles. The van der Waals surface area contributed by atoms with Crippen molar-refractivity contribution in [1.29, 1.82) is 0 Å². The first-order valence-corrected chi connectivity index (χ1v) is 3.35. The average molecular weight is 171 g/mol. The molecule has 2 N–H and O–H groups in total. The Hall–Kier alpha value is -1.43. The largest absolute Gasteiger partial charge is 0.479 e. The number of hydrogen-bond acceptors (Lipinski definition) is 4. The summed E-state index contributed by atoms with van der Waals surface area (Å²) in [4.78, 5) is 10.2. The van der Waals surface area contributed by atoms with Gasteiger partial charge in [-0.3, -0.25) is 4.68 Å². The van der Waals surface area contributed by atoms with E-state index in [-0.39, 0.29) is 6.42 Å². The molecule has 0 spiro atoms. The van der Waals surface area contributed by atoms with Gasteiger partial charge in [-0.05, 0) is 0 Å². The summed E-state index contributed by atoms with van der Waals surface area (Å²) in [7, 11) is 1.64. The Morgan fingerprint density at radius 3 is 2.92 bits per heavy atom. The summed E-state index contributed by atoms with van der Waals surface area (Å²) < 4.78 is 1.42. The zero-order valence-corrected chi connectivity index (χ0v) is 6.51. The first kappa shape index (κ1) is 8.66. The molecule has 0 aliphatic heterocycles. The number of aryl methyl sites for hydroxylation is 1. The van der Waals surface area contributed by atoms with Crippen molar-refractivity contribution in [1.82, 2.24) is 15.0 Å². The Morgan fingerprint density at radius 1 is 1.83 bits per heavy atom. The van der Waals surface area contributed by atoms with Crippen molar-refractivity contribution in [3.05, 3.63) is 11.9 Å². The van der Waals surface area contributed by atoms with Gasteiger partial charge < -0.3 is 10.2 Å². The molecule has 0 aliphatic carbocycles. The molecule has 1 heterocycles. The molecule has 12 heavy (non-hydrogen) atoms. The van der Waals surface area contributed by atoms with Gasteiger partial charge in [0, 0.05) is 13.5 Å². The third-order valence-electron chi connectivity index (χ3n) is 1.50. The smallest absolute Gasteiger partial charge is 0.332 e. The first-order chi connectivity index (χ1) is 5.61. The first-order valence-electron chi connectivity index (χ1n) is 3.35. The molecule has 1 atom stereocenters. The number of carbonyl (C=O) groups is 1. The summed E-state index contributed by atoms with van der Waals surface area (Å²) in [5.41, 5.74) is 0.588. The van der Waals surface area contributed by atoms with Crippen LogP contribution in [-0.4, -0.2) is 37.3 Å². The maximum absolute atomic E-state index is 10.2. The normalized spacial score (nSPS) is 12.8. The molecule has 0 aliphatic rings. The maximum Gasteiger partial charge on any atom is 0.332 e. The monoisotopic (exact) mass is 171 g/mol. The van der Waals surface area contributed by atoms with E-state index >= 15 is 0 Å². The quantitative estimate of drug-likeness (QED) is 0.596. The van der Waals surface area contributed by atoms with Gasteiger partial charge in [0.25, 0.3) is 0 Å². The maximum atomic E-state index is 10.2. The minimum atomic E-state index is -1.39. The second kappa shape index (κ2) is 3.31. The van der Waals surface area contributed by atoms with Gasteiger partial charge in [0.15, 0.2) is 6.10 Å². The molecule has 1 aromatic heterocycles. The van der Waals surface area contributed by atoms with E-state index in [1.54, 1.807) is 7.05 Å². The van der Waals surface area contributed by atoms with Crippen LogP contribution in [0.1, 0.15) is 5.69 Å². The Balaban J connectivity index is 2.64. The third kappa shape index (κ3) is 1.79.